The molecule has 2 aliphatic heterocycles. The molecule has 7 heteroatoms. The predicted molar refractivity (Wildman–Crippen MR) is 89.8 cm³/mol. The summed E-state index contributed by atoms with van der Waals surface area (Å²) in [6.45, 7) is 4.59. The molecule has 128 valence electrons. The normalized spacial score (nSPS) is 24.2. The maximum Gasteiger partial charge on any atom is 0.227 e. The first-order valence-electron chi connectivity index (χ1n) is 8.49. The monoisotopic (exact) mass is 321 g/mol. The van der Waals surface area contributed by atoms with Gasteiger partial charge in [0.05, 0.1) is 6.10 Å². The standard InChI is InChI=1S/C16H27N5O2/c1-19-9-10-21(12-13(19)5-11-22)16-17-6-2-15(18-16)20-7-3-14(23)4-8-20/h2,6,13-14,22-23H,3-5,7-12H2,1H3/t13-/m1/s1. The molecule has 0 aliphatic carbocycles. The van der Waals surface area contributed by atoms with Gasteiger partial charge in [0.15, 0.2) is 0 Å². The number of aliphatic hydroxyl groups is 2. The van der Waals surface area contributed by atoms with Crippen LogP contribution in [-0.4, -0.2) is 83.6 Å². The molecular weight excluding hydrogens is 294 g/mol. The Balaban J connectivity index is 1.69. The summed E-state index contributed by atoms with van der Waals surface area (Å²) in [4.78, 5) is 15.9. The second kappa shape index (κ2) is 7.42. The lowest BCUT2D eigenvalue weighted by Gasteiger charge is -2.39. The average molecular weight is 321 g/mol. The number of hydrogen-bond acceptors (Lipinski definition) is 7. The van der Waals surface area contributed by atoms with Gasteiger partial charge >= 0.3 is 0 Å². The number of aliphatic hydroxyl groups excluding tert-OH is 2. The van der Waals surface area contributed by atoms with Crippen LogP contribution in [0.3, 0.4) is 0 Å². The van der Waals surface area contributed by atoms with E-state index in [1.54, 1.807) is 0 Å². The number of aromatic nitrogens is 2. The summed E-state index contributed by atoms with van der Waals surface area (Å²) >= 11 is 0. The van der Waals surface area contributed by atoms with Gasteiger partial charge in [0.2, 0.25) is 5.95 Å². The Hall–Kier alpha value is -1.44. The Morgan fingerprint density at radius 2 is 1.96 bits per heavy atom. The molecule has 0 amide bonds. The first-order chi connectivity index (χ1) is 11.2. The van der Waals surface area contributed by atoms with Crippen LogP contribution in [0.5, 0.6) is 0 Å². The number of rotatable bonds is 4. The maximum absolute atomic E-state index is 9.64. The van der Waals surface area contributed by atoms with E-state index < -0.39 is 0 Å². The number of piperidine rings is 1. The first kappa shape index (κ1) is 16.4. The molecule has 2 N–H and O–H groups in total. The van der Waals surface area contributed by atoms with E-state index in [1.165, 1.54) is 0 Å². The summed E-state index contributed by atoms with van der Waals surface area (Å²) < 4.78 is 0. The Morgan fingerprint density at radius 3 is 2.70 bits per heavy atom. The van der Waals surface area contributed by atoms with Gasteiger partial charge in [-0.1, -0.05) is 0 Å². The fourth-order valence-corrected chi connectivity index (χ4v) is 3.35. The van der Waals surface area contributed by atoms with E-state index in [2.05, 4.69) is 26.7 Å². The summed E-state index contributed by atoms with van der Waals surface area (Å²) in [6, 6.07) is 2.29. The van der Waals surface area contributed by atoms with Gasteiger partial charge < -0.3 is 20.0 Å². The Morgan fingerprint density at radius 1 is 1.17 bits per heavy atom. The van der Waals surface area contributed by atoms with E-state index in [1.807, 2.05) is 12.3 Å². The minimum absolute atomic E-state index is 0.176. The zero-order valence-corrected chi connectivity index (χ0v) is 13.8. The van der Waals surface area contributed by atoms with Crippen LogP contribution in [0.4, 0.5) is 11.8 Å². The van der Waals surface area contributed by atoms with E-state index in [0.717, 1.165) is 63.8 Å². The van der Waals surface area contributed by atoms with Crippen molar-refractivity contribution in [1.29, 1.82) is 0 Å². The van der Waals surface area contributed by atoms with Crippen LogP contribution in [0.15, 0.2) is 12.3 Å². The van der Waals surface area contributed by atoms with Crippen molar-refractivity contribution in [3.8, 4) is 0 Å². The highest BCUT2D eigenvalue weighted by molar-refractivity contribution is 5.44. The van der Waals surface area contributed by atoms with Crippen molar-refractivity contribution in [3.05, 3.63) is 12.3 Å². The zero-order chi connectivity index (χ0) is 16.2. The van der Waals surface area contributed by atoms with Gasteiger partial charge in [-0.2, -0.15) is 4.98 Å². The number of likely N-dealkylation sites (N-methyl/N-ethyl adjacent to an activating group) is 1. The largest absolute Gasteiger partial charge is 0.396 e. The highest BCUT2D eigenvalue weighted by Crippen LogP contribution is 2.21. The molecule has 0 radical (unpaired) electrons. The highest BCUT2D eigenvalue weighted by atomic mass is 16.3. The van der Waals surface area contributed by atoms with Crippen molar-refractivity contribution in [2.24, 2.45) is 0 Å². The van der Waals surface area contributed by atoms with Crippen molar-refractivity contribution in [3.63, 3.8) is 0 Å². The average Bonchev–Trinajstić information content (AvgIpc) is 2.58. The van der Waals surface area contributed by atoms with E-state index in [9.17, 15) is 10.2 Å². The Kier molecular flexibility index (Phi) is 5.30. The summed E-state index contributed by atoms with van der Waals surface area (Å²) in [5.41, 5.74) is 0. The fraction of sp³-hybridized carbons (Fsp3) is 0.750. The molecule has 1 atom stereocenters. The summed E-state index contributed by atoms with van der Waals surface area (Å²) in [5, 5.41) is 18.9. The van der Waals surface area contributed by atoms with Crippen molar-refractivity contribution in [2.75, 3.05) is 56.2 Å². The molecule has 2 saturated heterocycles. The second-order valence-electron chi connectivity index (χ2n) is 6.53. The van der Waals surface area contributed by atoms with Gasteiger partial charge in [-0.3, -0.25) is 4.90 Å². The van der Waals surface area contributed by atoms with Crippen molar-refractivity contribution in [2.45, 2.75) is 31.4 Å². The molecule has 1 aromatic heterocycles. The van der Waals surface area contributed by atoms with E-state index in [4.69, 9.17) is 4.98 Å². The van der Waals surface area contributed by atoms with Gasteiger partial charge in [0.1, 0.15) is 5.82 Å². The van der Waals surface area contributed by atoms with E-state index in [-0.39, 0.29) is 12.7 Å². The molecule has 2 aliphatic rings. The molecule has 3 rings (SSSR count). The van der Waals surface area contributed by atoms with Crippen molar-refractivity contribution >= 4 is 11.8 Å². The summed E-state index contributed by atoms with van der Waals surface area (Å²) in [5.74, 6) is 1.71. The van der Waals surface area contributed by atoms with Crippen LogP contribution >= 0.6 is 0 Å². The van der Waals surface area contributed by atoms with Crippen LogP contribution in [-0.2, 0) is 0 Å². The number of nitrogens with zero attached hydrogens (tertiary/aromatic N) is 5. The molecule has 2 fully saturated rings. The fourth-order valence-electron chi connectivity index (χ4n) is 3.35. The topological polar surface area (TPSA) is 76.0 Å². The van der Waals surface area contributed by atoms with Gasteiger partial charge in [-0.25, -0.2) is 4.98 Å². The summed E-state index contributed by atoms with van der Waals surface area (Å²) in [7, 11) is 2.11. The minimum Gasteiger partial charge on any atom is -0.396 e. The molecule has 0 saturated carbocycles. The molecule has 0 bridgehead atoms. The Labute approximate surface area is 137 Å². The number of piperazine rings is 1. The van der Waals surface area contributed by atoms with Gasteiger partial charge in [-0.15, -0.1) is 0 Å². The molecule has 7 nitrogen and oxygen atoms in total. The third-order valence-electron chi connectivity index (χ3n) is 4.94. The zero-order valence-electron chi connectivity index (χ0n) is 13.8. The second-order valence-corrected chi connectivity index (χ2v) is 6.53. The molecular formula is C16H27N5O2. The quantitative estimate of drug-likeness (QED) is 0.804. The Bertz CT molecular complexity index is 507. The predicted octanol–water partition coefficient (Wildman–Crippen LogP) is -0.0595. The SMILES string of the molecule is CN1CCN(c2nccc(N3CCC(O)CC3)n2)C[C@H]1CCO. The molecule has 0 aromatic carbocycles. The lowest BCUT2D eigenvalue weighted by atomic mass is 10.1. The molecule has 23 heavy (non-hydrogen) atoms. The van der Waals surface area contributed by atoms with E-state index >= 15 is 0 Å². The highest BCUT2D eigenvalue weighted by Gasteiger charge is 2.26. The van der Waals surface area contributed by atoms with E-state index in [0.29, 0.717) is 6.04 Å². The number of hydrogen-bond donors (Lipinski definition) is 2. The van der Waals surface area contributed by atoms with Crippen molar-refractivity contribution < 1.29 is 10.2 Å². The van der Waals surface area contributed by atoms with Gasteiger partial charge in [0.25, 0.3) is 0 Å². The maximum atomic E-state index is 9.64. The van der Waals surface area contributed by atoms with Gasteiger partial charge in [0, 0.05) is 51.6 Å². The molecule has 0 unspecified atom stereocenters. The minimum atomic E-state index is -0.176. The number of anilines is 2. The smallest absolute Gasteiger partial charge is 0.227 e. The third kappa shape index (κ3) is 3.91. The van der Waals surface area contributed by atoms with Crippen LogP contribution in [0, 0.1) is 0 Å². The lowest BCUT2D eigenvalue weighted by molar-refractivity contribution is 0.145. The van der Waals surface area contributed by atoms with Crippen LogP contribution in [0.2, 0.25) is 0 Å². The molecule has 3 heterocycles. The lowest BCUT2D eigenvalue weighted by Crippen LogP contribution is -2.52. The molecule has 0 spiro atoms. The van der Waals surface area contributed by atoms with Crippen LogP contribution in [0.25, 0.3) is 0 Å². The van der Waals surface area contributed by atoms with Crippen molar-refractivity contribution in [1.82, 2.24) is 14.9 Å². The third-order valence-corrected chi connectivity index (χ3v) is 4.94. The first-order valence-corrected chi connectivity index (χ1v) is 8.49. The van der Waals surface area contributed by atoms with Crippen LogP contribution in [0.1, 0.15) is 19.3 Å². The molecule has 1 aromatic rings. The summed E-state index contributed by atoms with van der Waals surface area (Å²) in [6.07, 6.45) is 4.02. The van der Waals surface area contributed by atoms with Gasteiger partial charge in [-0.05, 0) is 32.4 Å². The van der Waals surface area contributed by atoms with Crippen LogP contribution < -0.4 is 9.80 Å².